The topological polar surface area (TPSA) is 46.9 Å². The molecular formula is C15H18BrN3O. The van der Waals surface area contributed by atoms with Crippen molar-refractivity contribution in [3.05, 3.63) is 56.7 Å². The Hall–Kier alpha value is -1.62. The van der Waals surface area contributed by atoms with Crippen molar-refractivity contribution < 1.29 is 0 Å². The summed E-state index contributed by atoms with van der Waals surface area (Å²) in [5.74, 6) is 0. The quantitative estimate of drug-likeness (QED) is 0.912. The van der Waals surface area contributed by atoms with Crippen molar-refractivity contribution >= 4 is 21.6 Å². The van der Waals surface area contributed by atoms with Gasteiger partial charge in [-0.25, -0.2) is 0 Å². The van der Waals surface area contributed by atoms with Crippen LogP contribution in [0.3, 0.4) is 0 Å². The van der Waals surface area contributed by atoms with E-state index < -0.39 is 0 Å². The van der Waals surface area contributed by atoms with Crippen LogP contribution in [-0.4, -0.2) is 16.1 Å². The van der Waals surface area contributed by atoms with Crippen LogP contribution in [0, 0.1) is 6.92 Å². The maximum atomic E-state index is 12.1. The molecular weight excluding hydrogens is 318 g/mol. The number of aromatic nitrogens is 2. The second kappa shape index (κ2) is 6.70. The summed E-state index contributed by atoms with van der Waals surface area (Å²) in [4.78, 5) is 16.4. The molecule has 0 bridgehead atoms. The Bertz CT molecular complexity index is 652. The first-order chi connectivity index (χ1) is 9.60. The van der Waals surface area contributed by atoms with Crippen LogP contribution in [0.5, 0.6) is 0 Å². The lowest BCUT2D eigenvalue weighted by molar-refractivity contribution is 0.730. The summed E-state index contributed by atoms with van der Waals surface area (Å²) >= 11 is 3.42. The molecule has 2 aromatic rings. The molecule has 1 N–H and O–H groups in total. The number of aryl methyl sites for hydroxylation is 1. The van der Waals surface area contributed by atoms with Crippen LogP contribution >= 0.6 is 15.9 Å². The van der Waals surface area contributed by atoms with Crippen molar-refractivity contribution in [2.24, 2.45) is 0 Å². The molecule has 0 aliphatic rings. The fourth-order valence-electron chi connectivity index (χ4n) is 1.98. The number of halogens is 1. The van der Waals surface area contributed by atoms with Crippen LogP contribution in [0.25, 0.3) is 0 Å². The van der Waals surface area contributed by atoms with E-state index in [2.05, 4.69) is 33.2 Å². The van der Waals surface area contributed by atoms with Crippen molar-refractivity contribution in [1.29, 1.82) is 0 Å². The minimum atomic E-state index is 0.0157. The van der Waals surface area contributed by atoms with Crippen LogP contribution in [0.15, 0.2) is 39.9 Å². The molecule has 0 unspecified atom stereocenters. The Morgan fingerprint density at radius 3 is 2.95 bits per heavy atom. The Balaban J connectivity index is 2.24. The van der Waals surface area contributed by atoms with Gasteiger partial charge in [0.15, 0.2) is 0 Å². The highest BCUT2D eigenvalue weighted by Crippen LogP contribution is 2.11. The Labute approximate surface area is 127 Å². The van der Waals surface area contributed by atoms with Gasteiger partial charge in [0.1, 0.15) is 0 Å². The van der Waals surface area contributed by atoms with Gasteiger partial charge in [-0.2, -0.15) is 0 Å². The van der Waals surface area contributed by atoms with Gasteiger partial charge in [0, 0.05) is 34.7 Å². The SMILES string of the molecule is CCCNc1ccnc(Cn2cc(Br)cc(C)c2=O)c1. The monoisotopic (exact) mass is 335 g/mol. The van der Waals surface area contributed by atoms with E-state index in [1.165, 1.54) is 0 Å². The van der Waals surface area contributed by atoms with Gasteiger partial charge in [0.25, 0.3) is 5.56 Å². The number of nitrogens with zero attached hydrogens (tertiary/aromatic N) is 2. The molecule has 0 aliphatic carbocycles. The standard InChI is InChI=1S/C15H18BrN3O/c1-3-5-17-13-4-6-18-14(8-13)10-19-9-12(16)7-11(2)15(19)20/h4,6-9H,3,5,10H2,1-2H3,(H,17,18). The van der Waals surface area contributed by atoms with Gasteiger partial charge in [0.2, 0.25) is 0 Å². The zero-order valence-electron chi connectivity index (χ0n) is 11.7. The molecule has 2 rings (SSSR count). The molecule has 0 radical (unpaired) electrons. The normalized spacial score (nSPS) is 10.6. The molecule has 2 heterocycles. The second-order valence-electron chi connectivity index (χ2n) is 4.74. The molecule has 106 valence electrons. The maximum Gasteiger partial charge on any atom is 0.253 e. The summed E-state index contributed by atoms with van der Waals surface area (Å²) in [7, 11) is 0. The zero-order valence-corrected chi connectivity index (χ0v) is 13.3. The van der Waals surface area contributed by atoms with E-state index in [1.54, 1.807) is 17.0 Å². The highest BCUT2D eigenvalue weighted by molar-refractivity contribution is 9.10. The van der Waals surface area contributed by atoms with Crippen LogP contribution in [-0.2, 0) is 6.54 Å². The van der Waals surface area contributed by atoms with Gasteiger partial charge in [-0.1, -0.05) is 6.92 Å². The van der Waals surface area contributed by atoms with Gasteiger partial charge < -0.3 is 9.88 Å². The minimum absolute atomic E-state index is 0.0157. The van der Waals surface area contributed by atoms with Crippen molar-refractivity contribution in [1.82, 2.24) is 9.55 Å². The van der Waals surface area contributed by atoms with Crippen molar-refractivity contribution in [2.75, 3.05) is 11.9 Å². The molecule has 0 saturated carbocycles. The predicted octanol–water partition coefficient (Wildman–Crippen LogP) is 3.18. The highest BCUT2D eigenvalue weighted by Gasteiger charge is 2.04. The number of hydrogen-bond acceptors (Lipinski definition) is 3. The summed E-state index contributed by atoms with van der Waals surface area (Å²) in [6.07, 6.45) is 4.63. The van der Waals surface area contributed by atoms with E-state index >= 15 is 0 Å². The van der Waals surface area contributed by atoms with Crippen LogP contribution in [0.1, 0.15) is 24.6 Å². The summed E-state index contributed by atoms with van der Waals surface area (Å²) < 4.78 is 2.57. The maximum absolute atomic E-state index is 12.1. The molecule has 0 amide bonds. The van der Waals surface area contributed by atoms with Gasteiger partial charge in [-0.3, -0.25) is 9.78 Å². The van der Waals surface area contributed by atoms with E-state index in [4.69, 9.17) is 0 Å². The number of rotatable bonds is 5. The largest absolute Gasteiger partial charge is 0.385 e. The number of hydrogen-bond donors (Lipinski definition) is 1. The van der Waals surface area contributed by atoms with Crippen molar-refractivity contribution in [3.63, 3.8) is 0 Å². The molecule has 0 spiro atoms. The van der Waals surface area contributed by atoms with E-state index in [0.29, 0.717) is 6.54 Å². The third kappa shape index (κ3) is 3.70. The summed E-state index contributed by atoms with van der Waals surface area (Å²) in [6, 6.07) is 5.75. The lowest BCUT2D eigenvalue weighted by Gasteiger charge is -2.09. The van der Waals surface area contributed by atoms with E-state index in [-0.39, 0.29) is 5.56 Å². The summed E-state index contributed by atoms with van der Waals surface area (Å²) in [5, 5.41) is 3.32. The van der Waals surface area contributed by atoms with Crippen LogP contribution in [0.2, 0.25) is 0 Å². The first kappa shape index (κ1) is 14.8. The van der Waals surface area contributed by atoms with Gasteiger partial charge in [0.05, 0.1) is 12.2 Å². The fraction of sp³-hybridized carbons (Fsp3) is 0.333. The molecule has 5 heteroatoms. The molecule has 0 fully saturated rings. The highest BCUT2D eigenvalue weighted by atomic mass is 79.9. The van der Waals surface area contributed by atoms with E-state index in [0.717, 1.165) is 34.4 Å². The van der Waals surface area contributed by atoms with Crippen LogP contribution in [0.4, 0.5) is 5.69 Å². The molecule has 0 aromatic carbocycles. The average Bonchev–Trinajstić information content (AvgIpc) is 2.42. The minimum Gasteiger partial charge on any atom is -0.385 e. The number of nitrogens with one attached hydrogen (secondary N) is 1. The van der Waals surface area contributed by atoms with E-state index in [1.807, 2.05) is 25.1 Å². The molecule has 0 aliphatic heterocycles. The lowest BCUT2D eigenvalue weighted by Crippen LogP contribution is -2.22. The number of pyridine rings is 2. The van der Waals surface area contributed by atoms with Crippen molar-refractivity contribution in [3.8, 4) is 0 Å². The Kier molecular flexibility index (Phi) is 4.95. The second-order valence-corrected chi connectivity index (χ2v) is 5.65. The van der Waals surface area contributed by atoms with E-state index in [9.17, 15) is 4.79 Å². The first-order valence-electron chi connectivity index (χ1n) is 6.65. The summed E-state index contributed by atoms with van der Waals surface area (Å²) in [6.45, 7) is 5.34. The van der Waals surface area contributed by atoms with Gasteiger partial charge >= 0.3 is 0 Å². The fourth-order valence-corrected chi connectivity index (χ4v) is 2.57. The molecule has 0 atom stereocenters. The first-order valence-corrected chi connectivity index (χ1v) is 7.45. The number of anilines is 1. The Morgan fingerprint density at radius 1 is 1.40 bits per heavy atom. The van der Waals surface area contributed by atoms with Gasteiger partial charge in [-0.05, 0) is 47.5 Å². The molecule has 0 saturated heterocycles. The molecule has 20 heavy (non-hydrogen) atoms. The van der Waals surface area contributed by atoms with Crippen molar-refractivity contribution in [2.45, 2.75) is 26.8 Å². The molecule has 4 nitrogen and oxygen atoms in total. The lowest BCUT2D eigenvalue weighted by atomic mass is 10.2. The zero-order chi connectivity index (χ0) is 14.5. The summed E-state index contributed by atoms with van der Waals surface area (Å²) in [5.41, 5.74) is 2.64. The Morgan fingerprint density at radius 2 is 2.20 bits per heavy atom. The smallest absolute Gasteiger partial charge is 0.253 e. The third-order valence-electron chi connectivity index (χ3n) is 2.96. The predicted molar refractivity (Wildman–Crippen MR) is 85.3 cm³/mol. The average molecular weight is 336 g/mol. The third-order valence-corrected chi connectivity index (χ3v) is 3.39. The van der Waals surface area contributed by atoms with Crippen LogP contribution < -0.4 is 10.9 Å². The molecule has 2 aromatic heterocycles. The van der Waals surface area contributed by atoms with Gasteiger partial charge in [-0.15, -0.1) is 0 Å².